The van der Waals surface area contributed by atoms with Crippen LogP contribution in [0, 0.1) is 5.92 Å². The molecule has 1 aliphatic carbocycles. The Morgan fingerprint density at radius 2 is 2.50 bits per heavy atom. The molecule has 0 saturated heterocycles. The Morgan fingerprint density at radius 3 is 3.14 bits per heavy atom. The van der Waals surface area contributed by atoms with Crippen molar-refractivity contribution < 1.29 is 14.4 Å². The maximum atomic E-state index is 10.8. The van der Waals surface area contributed by atoms with Crippen LogP contribution in [0.25, 0.3) is 0 Å². The third-order valence-electron chi connectivity index (χ3n) is 2.92. The maximum Gasteiger partial charge on any atom is 0.358 e. The van der Waals surface area contributed by atoms with Gasteiger partial charge >= 0.3 is 5.97 Å². The van der Waals surface area contributed by atoms with E-state index in [1.165, 1.54) is 0 Å². The second kappa shape index (κ2) is 3.44. The van der Waals surface area contributed by atoms with E-state index in [9.17, 15) is 4.79 Å². The van der Waals surface area contributed by atoms with Gasteiger partial charge in [0, 0.05) is 12.0 Å². The van der Waals surface area contributed by atoms with Gasteiger partial charge in [-0.2, -0.15) is 0 Å². The molecule has 0 spiro atoms. The van der Waals surface area contributed by atoms with E-state index in [1.807, 2.05) is 0 Å². The fourth-order valence-corrected chi connectivity index (χ4v) is 1.99. The molecule has 1 heterocycles. The van der Waals surface area contributed by atoms with Gasteiger partial charge < -0.3 is 9.63 Å². The zero-order valence-corrected chi connectivity index (χ0v) is 8.12. The van der Waals surface area contributed by atoms with Crippen molar-refractivity contribution in [2.24, 2.45) is 5.92 Å². The summed E-state index contributed by atoms with van der Waals surface area (Å²) in [5.74, 6) is 0.374. The Balaban J connectivity index is 2.32. The number of nitrogens with zero attached hydrogens (tertiary/aromatic N) is 1. The number of carboxylic acids is 1. The lowest BCUT2D eigenvalue weighted by Gasteiger charge is -2.18. The van der Waals surface area contributed by atoms with Gasteiger partial charge in [-0.1, -0.05) is 18.5 Å². The summed E-state index contributed by atoms with van der Waals surface area (Å²) >= 11 is 0. The topological polar surface area (TPSA) is 63.3 Å². The van der Waals surface area contributed by atoms with Gasteiger partial charge in [-0.25, -0.2) is 4.79 Å². The molecule has 14 heavy (non-hydrogen) atoms. The fraction of sp³-hybridized carbons (Fsp3) is 0.600. The molecule has 1 unspecified atom stereocenters. The van der Waals surface area contributed by atoms with E-state index in [1.54, 1.807) is 0 Å². The average molecular weight is 195 g/mol. The minimum Gasteiger partial charge on any atom is -0.476 e. The van der Waals surface area contributed by atoms with Crippen LogP contribution < -0.4 is 0 Å². The van der Waals surface area contributed by atoms with Gasteiger partial charge in [-0.15, -0.1) is 0 Å². The van der Waals surface area contributed by atoms with Gasteiger partial charge in [-0.05, 0) is 18.8 Å². The number of fused-ring (bicyclic) bond motifs is 1. The van der Waals surface area contributed by atoms with E-state index in [2.05, 4.69) is 12.1 Å². The Labute approximate surface area is 81.9 Å². The molecule has 0 bridgehead atoms. The number of rotatable bonds is 2. The fourth-order valence-electron chi connectivity index (χ4n) is 1.99. The Kier molecular flexibility index (Phi) is 2.27. The van der Waals surface area contributed by atoms with Gasteiger partial charge in [0.15, 0.2) is 5.69 Å². The van der Waals surface area contributed by atoms with Gasteiger partial charge in [0.25, 0.3) is 0 Å². The van der Waals surface area contributed by atoms with Crippen molar-refractivity contribution in [1.29, 1.82) is 0 Å². The molecule has 4 nitrogen and oxygen atoms in total. The summed E-state index contributed by atoms with van der Waals surface area (Å²) in [6.45, 7) is 2.13. The molecule has 1 aromatic rings. The van der Waals surface area contributed by atoms with Crippen LogP contribution in [0.2, 0.25) is 0 Å². The number of hydrogen-bond donors (Lipinski definition) is 1. The first kappa shape index (κ1) is 9.24. The highest BCUT2D eigenvalue weighted by molar-refractivity contribution is 5.87. The quantitative estimate of drug-likeness (QED) is 0.782. The lowest BCUT2D eigenvalue weighted by Crippen LogP contribution is -2.14. The van der Waals surface area contributed by atoms with Crippen LogP contribution in [0.3, 0.4) is 0 Å². The SMILES string of the molecule is CCC1CCc2onc(C(=O)O)c2C1. The number of carboxylic acid groups (broad SMARTS) is 1. The third kappa shape index (κ3) is 1.41. The highest BCUT2D eigenvalue weighted by Crippen LogP contribution is 2.29. The Bertz CT molecular complexity index is 356. The molecule has 1 atom stereocenters. The molecule has 1 N–H and O–H groups in total. The van der Waals surface area contributed by atoms with Crippen molar-refractivity contribution in [3.8, 4) is 0 Å². The molecule has 1 aromatic heterocycles. The van der Waals surface area contributed by atoms with E-state index in [4.69, 9.17) is 9.63 Å². The van der Waals surface area contributed by atoms with Crippen LogP contribution in [0.1, 0.15) is 41.6 Å². The van der Waals surface area contributed by atoms with Gasteiger partial charge in [0.1, 0.15) is 5.76 Å². The number of carbonyl (C=O) groups is 1. The maximum absolute atomic E-state index is 10.8. The van der Waals surface area contributed by atoms with Crippen molar-refractivity contribution in [2.75, 3.05) is 0 Å². The van der Waals surface area contributed by atoms with Crippen molar-refractivity contribution in [3.63, 3.8) is 0 Å². The smallest absolute Gasteiger partial charge is 0.358 e. The molecule has 0 aliphatic heterocycles. The van der Waals surface area contributed by atoms with Crippen LogP contribution >= 0.6 is 0 Å². The van der Waals surface area contributed by atoms with Crippen LogP contribution in [-0.2, 0) is 12.8 Å². The van der Waals surface area contributed by atoms with Crippen LogP contribution in [0.15, 0.2) is 4.52 Å². The van der Waals surface area contributed by atoms with Crippen LogP contribution in [-0.4, -0.2) is 16.2 Å². The minimum absolute atomic E-state index is 0.109. The lowest BCUT2D eigenvalue weighted by atomic mass is 9.85. The first-order valence-electron chi connectivity index (χ1n) is 4.93. The van der Waals surface area contributed by atoms with Crippen molar-refractivity contribution in [3.05, 3.63) is 17.0 Å². The second-order valence-corrected chi connectivity index (χ2v) is 3.76. The number of aromatic carboxylic acids is 1. The van der Waals surface area contributed by atoms with Gasteiger partial charge in [-0.3, -0.25) is 0 Å². The number of hydrogen-bond acceptors (Lipinski definition) is 3. The molecule has 2 rings (SSSR count). The van der Waals surface area contributed by atoms with Crippen molar-refractivity contribution in [2.45, 2.75) is 32.6 Å². The molecule has 0 amide bonds. The molecular formula is C10H13NO3. The first-order chi connectivity index (χ1) is 6.72. The standard InChI is InChI=1S/C10H13NO3/c1-2-6-3-4-8-7(5-6)9(10(12)13)11-14-8/h6H,2-5H2,1H3,(H,12,13). The molecular weight excluding hydrogens is 182 g/mol. The zero-order chi connectivity index (χ0) is 10.1. The highest BCUT2D eigenvalue weighted by atomic mass is 16.5. The molecule has 0 saturated carbocycles. The second-order valence-electron chi connectivity index (χ2n) is 3.76. The van der Waals surface area contributed by atoms with Crippen LogP contribution in [0.4, 0.5) is 0 Å². The molecule has 4 heteroatoms. The largest absolute Gasteiger partial charge is 0.476 e. The Morgan fingerprint density at radius 1 is 1.71 bits per heavy atom. The van der Waals surface area contributed by atoms with Gasteiger partial charge in [0.2, 0.25) is 0 Å². The number of aryl methyl sites for hydroxylation is 1. The first-order valence-corrected chi connectivity index (χ1v) is 4.93. The summed E-state index contributed by atoms with van der Waals surface area (Å²) in [4.78, 5) is 10.8. The summed E-state index contributed by atoms with van der Waals surface area (Å²) in [6.07, 6.45) is 3.80. The van der Waals surface area contributed by atoms with E-state index < -0.39 is 5.97 Å². The molecule has 1 aliphatic rings. The minimum atomic E-state index is -0.980. The third-order valence-corrected chi connectivity index (χ3v) is 2.92. The lowest BCUT2D eigenvalue weighted by molar-refractivity contribution is 0.0684. The predicted octanol–water partition coefficient (Wildman–Crippen LogP) is 1.89. The molecule has 76 valence electrons. The normalized spacial score (nSPS) is 20.5. The van der Waals surface area contributed by atoms with Crippen LogP contribution in [0.5, 0.6) is 0 Å². The summed E-state index contributed by atoms with van der Waals surface area (Å²) in [5.41, 5.74) is 0.925. The Hall–Kier alpha value is -1.32. The summed E-state index contributed by atoms with van der Waals surface area (Å²) in [7, 11) is 0. The number of aromatic nitrogens is 1. The molecule has 0 radical (unpaired) electrons. The summed E-state index contributed by atoms with van der Waals surface area (Å²) < 4.78 is 5.01. The monoisotopic (exact) mass is 195 g/mol. The van der Waals surface area contributed by atoms with Crippen molar-refractivity contribution >= 4 is 5.97 Å². The molecule has 0 aromatic carbocycles. The zero-order valence-electron chi connectivity index (χ0n) is 8.12. The highest BCUT2D eigenvalue weighted by Gasteiger charge is 2.27. The van der Waals surface area contributed by atoms with E-state index in [0.717, 1.165) is 37.0 Å². The summed E-state index contributed by atoms with van der Waals surface area (Å²) in [5, 5.41) is 12.5. The van der Waals surface area contributed by atoms with E-state index >= 15 is 0 Å². The van der Waals surface area contributed by atoms with Crippen molar-refractivity contribution in [1.82, 2.24) is 5.16 Å². The van der Waals surface area contributed by atoms with E-state index in [0.29, 0.717) is 5.92 Å². The summed E-state index contributed by atoms with van der Waals surface area (Å²) in [6, 6.07) is 0. The molecule has 0 fully saturated rings. The average Bonchev–Trinajstić information content (AvgIpc) is 2.59. The predicted molar refractivity (Wildman–Crippen MR) is 49.3 cm³/mol. The van der Waals surface area contributed by atoms with E-state index in [-0.39, 0.29) is 5.69 Å². The van der Waals surface area contributed by atoms with Gasteiger partial charge in [0.05, 0.1) is 0 Å².